The van der Waals surface area contributed by atoms with Crippen molar-refractivity contribution in [1.82, 2.24) is 10.2 Å². The maximum Gasteiger partial charge on any atom is 0.409 e. The van der Waals surface area contributed by atoms with Crippen LogP contribution < -0.4 is 11.1 Å². The Morgan fingerprint density at radius 3 is 2.60 bits per heavy atom. The van der Waals surface area contributed by atoms with Gasteiger partial charge in [0.1, 0.15) is 11.6 Å². The topological polar surface area (TPSA) is 80.0 Å². The molecular formula is C17H24F2N4O2. The molecular weight excluding hydrogens is 330 g/mol. The van der Waals surface area contributed by atoms with Gasteiger partial charge in [0.15, 0.2) is 5.96 Å². The number of ether oxygens (including phenoxy) is 1. The minimum atomic E-state index is -0.576. The van der Waals surface area contributed by atoms with Crippen LogP contribution in [0, 0.1) is 11.6 Å². The maximum atomic E-state index is 13.5. The van der Waals surface area contributed by atoms with E-state index in [0.29, 0.717) is 19.7 Å². The largest absolute Gasteiger partial charge is 0.450 e. The Bertz CT molecular complexity index is 596. The third kappa shape index (κ3) is 5.58. The van der Waals surface area contributed by atoms with Crippen molar-refractivity contribution in [1.29, 1.82) is 0 Å². The van der Waals surface area contributed by atoms with E-state index in [9.17, 15) is 13.6 Å². The van der Waals surface area contributed by atoms with Crippen LogP contribution in [0.4, 0.5) is 13.6 Å². The summed E-state index contributed by atoms with van der Waals surface area (Å²) in [7, 11) is 0. The summed E-state index contributed by atoms with van der Waals surface area (Å²) < 4.78 is 32.0. The highest BCUT2D eigenvalue weighted by atomic mass is 19.1. The molecule has 1 aromatic rings. The number of guanidine groups is 1. The van der Waals surface area contributed by atoms with Crippen molar-refractivity contribution >= 4 is 12.1 Å². The molecule has 1 amide bonds. The molecule has 0 radical (unpaired) electrons. The number of amides is 1. The van der Waals surface area contributed by atoms with Crippen molar-refractivity contribution in [2.24, 2.45) is 10.7 Å². The second-order valence-electron chi connectivity index (χ2n) is 5.82. The van der Waals surface area contributed by atoms with Crippen molar-refractivity contribution < 1.29 is 18.3 Å². The molecule has 25 heavy (non-hydrogen) atoms. The molecule has 0 atom stereocenters. The zero-order chi connectivity index (χ0) is 18.2. The van der Waals surface area contributed by atoms with Crippen molar-refractivity contribution in [2.45, 2.75) is 32.2 Å². The fraction of sp³-hybridized carbons (Fsp3) is 0.529. The fourth-order valence-electron chi connectivity index (χ4n) is 2.74. The Balaban J connectivity index is 1.76. The maximum absolute atomic E-state index is 13.5. The molecule has 0 spiro atoms. The van der Waals surface area contributed by atoms with Gasteiger partial charge in [0.05, 0.1) is 6.61 Å². The van der Waals surface area contributed by atoms with Crippen LogP contribution in [0.15, 0.2) is 23.2 Å². The number of carbonyl (C=O) groups excluding carboxylic acids is 1. The Hall–Kier alpha value is -2.38. The van der Waals surface area contributed by atoms with Crippen molar-refractivity contribution in [3.63, 3.8) is 0 Å². The Morgan fingerprint density at radius 1 is 1.36 bits per heavy atom. The molecule has 2 rings (SSSR count). The zero-order valence-corrected chi connectivity index (χ0v) is 14.3. The summed E-state index contributed by atoms with van der Waals surface area (Å²) in [4.78, 5) is 17.4. The number of benzene rings is 1. The van der Waals surface area contributed by atoms with Crippen LogP contribution >= 0.6 is 0 Å². The second-order valence-corrected chi connectivity index (χ2v) is 5.82. The van der Waals surface area contributed by atoms with Gasteiger partial charge in [-0.2, -0.15) is 0 Å². The summed E-state index contributed by atoms with van der Waals surface area (Å²) >= 11 is 0. The van der Waals surface area contributed by atoms with Crippen LogP contribution in [0.2, 0.25) is 0 Å². The Kier molecular flexibility index (Phi) is 6.97. The number of nitrogens with two attached hydrogens (primary N) is 1. The molecule has 0 bridgehead atoms. The molecule has 6 nitrogen and oxygen atoms in total. The lowest BCUT2D eigenvalue weighted by Crippen LogP contribution is -2.48. The van der Waals surface area contributed by atoms with Gasteiger partial charge in [-0.3, -0.25) is 4.99 Å². The van der Waals surface area contributed by atoms with Gasteiger partial charge in [-0.1, -0.05) is 6.07 Å². The van der Waals surface area contributed by atoms with E-state index in [-0.39, 0.29) is 36.6 Å². The lowest BCUT2D eigenvalue weighted by Gasteiger charge is -2.31. The lowest BCUT2D eigenvalue weighted by molar-refractivity contribution is 0.0963. The summed E-state index contributed by atoms with van der Waals surface area (Å²) in [5, 5.41) is 3.09. The number of nitrogens with zero attached hydrogens (tertiary/aromatic N) is 2. The molecule has 8 heteroatoms. The fourth-order valence-corrected chi connectivity index (χ4v) is 2.74. The Morgan fingerprint density at radius 2 is 2.00 bits per heavy atom. The number of rotatable bonds is 5. The number of nitrogens with one attached hydrogen (secondary N) is 1. The first-order valence-corrected chi connectivity index (χ1v) is 8.42. The molecule has 1 aliphatic rings. The van der Waals surface area contributed by atoms with Gasteiger partial charge in [0, 0.05) is 31.2 Å². The van der Waals surface area contributed by atoms with Gasteiger partial charge in [-0.25, -0.2) is 13.6 Å². The molecule has 0 aromatic heterocycles. The molecule has 1 aromatic carbocycles. The molecule has 1 heterocycles. The van der Waals surface area contributed by atoms with Crippen LogP contribution in [0.3, 0.4) is 0 Å². The van der Waals surface area contributed by atoms with Gasteiger partial charge in [0.25, 0.3) is 0 Å². The lowest BCUT2D eigenvalue weighted by atomic mass is 10.1. The molecule has 1 fully saturated rings. The van der Waals surface area contributed by atoms with E-state index in [1.165, 1.54) is 18.2 Å². The minimum absolute atomic E-state index is 0.0156. The smallest absolute Gasteiger partial charge is 0.409 e. The number of hydrogen-bond acceptors (Lipinski definition) is 3. The van der Waals surface area contributed by atoms with Crippen molar-refractivity contribution in [3.05, 3.63) is 35.4 Å². The van der Waals surface area contributed by atoms with E-state index in [1.54, 1.807) is 11.8 Å². The number of piperidine rings is 1. The number of halogens is 2. The summed E-state index contributed by atoms with van der Waals surface area (Å²) in [6.07, 6.45) is 1.31. The van der Waals surface area contributed by atoms with Crippen LogP contribution in [-0.4, -0.2) is 49.2 Å². The SMILES string of the molecule is CCOC(=O)N1CCC(NC(N)=NCCc2c(F)cccc2F)CC1. The first-order valence-electron chi connectivity index (χ1n) is 8.42. The van der Waals surface area contributed by atoms with Gasteiger partial charge < -0.3 is 20.7 Å². The van der Waals surface area contributed by atoms with Gasteiger partial charge in [0.2, 0.25) is 0 Å². The van der Waals surface area contributed by atoms with E-state index in [4.69, 9.17) is 10.5 Å². The highest BCUT2D eigenvalue weighted by Crippen LogP contribution is 2.13. The van der Waals surface area contributed by atoms with E-state index in [0.717, 1.165) is 12.8 Å². The summed E-state index contributed by atoms with van der Waals surface area (Å²) in [5.41, 5.74) is 5.85. The number of likely N-dealkylation sites (tertiary alicyclic amines) is 1. The predicted octanol–water partition coefficient (Wildman–Crippen LogP) is 2.03. The molecule has 0 unspecified atom stereocenters. The zero-order valence-electron chi connectivity index (χ0n) is 14.3. The highest BCUT2D eigenvalue weighted by Gasteiger charge is 2.23. The summed E-state index contributed by atoms with van der Waals surface area (Å²) in [6, 6.07) is 3.89. The van der Waals surface area contributed by atoms with Crippen LogP contribution in [-0.2, 0) is 11.2 Å². The van der Waals surface area contributed by atoms with Gasteiger partial charge in [-0.05, 0) is 38.3 Å². The van der Waals surface area contributed by atoms with Gasteiger partial charge in [-0.15, -0.1) is 0 Å². The van der Waals surface area contributed by atoms with Crippen LogP contribution in [0.25, 0.3) is 0 Å². The Labute approximate surface area is 146 Å². The third-order valence-electron chi connectivity index (χ3n) is 4.08. The monoisotopic (exact) mass is 354 g/mol. The average molecular weight is 354 g/mol. The van der Waals surface area contributed by atoms with Crippen molar-refractivity contribution in [2.75, 3.05) is 26.2 Å². The van der Waals surface area contributed by atoms with E-state index in [2.05, 4.69) is 10.3 Å². The van der Waals surface area contributed by atoms with Gasteiger partial charge >= 0.3 is 6.09 Å². The van der Waals surface area contributed by atoms with E-state index >= 15 is 0 Å². The standard InChI is InChI=1S/C17H24F2N4O2/c1-2-25-17(24)23-10-7-12(8-11-23)22-16(20)21-9-6-13-14(18)4-3-5-15(13)19/h3-5,12H,2,6-11H2,1H3,(H3,20,21,22). The molecule has 1 saturated heterocycles. The van der Waals surface area contributed by atoms with Crippen LogP contribution in [0.1, 0.15) is 25.3 Å². The van der Waals surface area contributed by atoms with Crippen molar-refractivity contribution in [3.8, 4) is 0 Å². The first kappa shape index (κ1) is 19.0. The second kappa shape index (κ2) is 9.19. The molecule has 1 aliphatic heterocycles. The molecule has 0 saturated carbocycles. The average Bonchev–Trinajstić information content (AvgIpc) is 2.58. The number of aliphatic imine (C=N–C) groups is 1. The summed E-state index contributed by atoms with van der Waals surface area (Å²) in [6.45, 7) is 3.50. The molecule has 3 N–H and O–H groups in total. The number of carbonyl (C=O) groups is 1. The molecule has 138 valence electrons. The normalized spacial score (nSPS) is 16.0. The van der Waals surface area contributed by atoms with E-state index < -0.39 is 11.6 Å². The summed E-state index contributed by atoms with van der Waals surface area (Å²) in [5.74, 6) is -0.910. The third-order valence-corrected chi connectivity index (χ3v) is 4.08. The van der Waals surface area contributed by atoms with Crippen LogP contribution in [0.5, 0.6) is 0 Å². The highest BCUT2D eigenvalue weighted by molar-refractivity contribution is 5.78. The first-order chi connectivity index (χ1) is 12.0. The van der Waals surface area contributed by atoms with E-state index in [1.807, 2.05) is 0 Å². The quantitative estimate of drug-likeness (QED) is 0.626. The molecule has 0 aliphatic carbocycles. The predicted molar refractivity (Wildman–Crippen MR) is 91.3 cm³/mol. The minimum Gasteiger partial charge on any atom is -0.450 e. The number of hydrogen-bond donors (Lipinski definition) is 2.